The van der Waals surface area contributed by atoms with Gasteiger partial charge in [0.1, 0.15) is 0 Å². The molecule has 0 amide bonds. The minimum atomic E-state index is -0.548. The molecule has 0 aliphatic carbocycles. The molecule has 0 aromatic carbocycles. The number of nitrogens with one attached hydrogen (secondary N) is 1. The maximum absolute atomic E-state index is 10.1. The standard InChI is InChI=1S/C11H21NO2/c1-10(2)3-6-12-9-11(13)4-7-14-8-5-11/h12-13H,1,3-9H2,2H3. The quantitative estimate of drug-likeness (QED) is 0.514. The Balaban J connectivity index is 2.12. The summed E-state index contributed by atoms with van der Waals surface area (Å²) >= 11 is 0. The fourth-order valence-corrected chi connectivity index (χ4v) is 1.55. The van der Waals surface area contributed by atoms with Crippen LogP contribution in [0.2, 0.25) is 0 Å². The van der Waals surface area contributed by atoms with E-state index in [0.29, 0.717) is 19.8 Å². The van der Waals surface area contributed by atoms with Crippen LogP contribution in [0, 0.1) is 0 Å². The molecule has 0 spiro atoms. The SMILES string of the molecule is C=C(C)CCNCC1(O)CCOCC1. The van der Waals surface area contributed by atoms with Crippen molar-refractivity contribution in [3.63, 3.8) is 0 Å². The maximum Gasteiger partial charge on any atom is 0.0815 e. The largest absolute Gasteiger partial charge is 0.388 e. The minimum absolute atomic E-state index is 0.548. The van der Waals surface area contributed by atoms with E-state index in [1.807, 2.05) is 6.92 Å². The van der Waals surface area contributed by atoms with E-state index < -0.39 is 5.60 Å². The molecule has 1 rings (SSSR count). The third-order valence-corrected chi connectivity index (χ3v) is 2.61. The van der Waals surface area contributed by atoms with Gasteiger partial charge in [0.05, 0.1) is 5.60 Å². The van der Waals surface area contributed by atoms with Gasteiger partial charge in [0.15, 0.2) is 0 Å². The Labute approximate surface area is 86.2 Å². The summed E-state index contributed by atoms with van der Waals surface area (Å²) in [6, 6.07) is 0. The summed E-state index contributed by atoms with van der Waals surface area (Å²) < 4.78 is 5.21. The summed E-state index contributed by atoms with van der Waals surface area (Å²) in [6.07, 6.45) is 2.47. The van der Waals surface area contributed by atoms with Crippen molar-refractivity contribution in [3.05, 3.63) is 12.2 Å². The zero-order chi connectivity index (χ0) is 10.4. The van der Waals surface area contributed by atoms with E-state index in [4.69, 9.17) is 4.74 Å². The molecule has 14 heavy (non-hydrogen) atoms. The van der Waals surface area contributed by atoms with E-state index in [-0.39, 0.29) is 0 Å². The van der Waals surface area contributed by atoms with Crippen LogP contribution in [0.15, 0.2) is 12.2 Å². The molecule has 1 aliphatic rings. The van der Waals surface area contributed by atoms with Gasteiger partial charge in [-0.3, -0.25) is 0 Å². The number of aliphatic hydroxyl groups is 1. The molecule has 2 N–H and O–H groups in total. The van der Waals surface area contributed by atoms with Crippen LogP contribution in [-0.4, -0.2) is 37.0 Å². The Hall–Kier alpha value is -0.380. The topological polar surface area (TPSA) is 41.5 Å². The van der Waals surface area contributed by atoms with E-state index in [1.54, 1.807) is 0 Å². The fourth-order valence-electron chi connectivity index (χ4n) is 1.55. The molecule has 1 heterocycles. The third-order valence-electron chi connectivity index (χ3n) is 2.61. The zero-order valence-electron chi connectivity index (χ0n) is 9.01. The van der Waals surface area contributed by atoms with Crippen LogP contribution in [0.5, 0.6) is 0 Å². The van der Waals surface area contributed by atoms with Crippen molar-refractivity contribution in [2.75, 3.05) is 26.3 Å². The molecule has 3 heteroatoms. The summed E-state index contributed by atoms with van der Waals surface area (Å²) in [5.41, 5.74) is 0.629. The van der Waals surface area contributed by atoms with Crippen molar-refractivity contribution in [2.45, 2.75) is 31.8 Å². The lowest BCUT2D eigenvalue weighted by Crippen LogP contribution is -2.45. The number of ether oxygens (including phenoxy) is 1. The van der Waals surface area contributed by atoms with E-state index >= 15 is 0 Å². The highest BCUT2D eigenvalue weighted by Crippen LogP contribution is 2.19. The lowest BCUT2D eigenvalue weighted by Gasteiger charge is -2.32. The third kappa shape index (κ3) is 4.22. The molecule has 1 saturated heterocycles. The molecular weight excluding hydrogens is 178 g/mol. The lowest BCUT2D eigenvalue weighted by atomic mass is 9.94. The van der Waals surface area contributed by atoms with Gasteiger partial charge in [-0.25, -0.2) is 0 Å². The van der Waals surface area contributed by atoms with Crippen molar-refractivity contribution in [3.8, 4) is 0 Å². The predicted molar refractivity (Wildman–Crippen MR) is 57.3 cm³/mol. The molecule has 1 aliphatic heterocycles. The van der Waals surface area contributed by atoms with Gasteiger partial charge in [0.25, 0.3) is 0 Å². The van der Waals surface area contributed by atoms with Crippen LogP contribution in [-0.2, 0) is 4.74 Å². The Kier molecular flexibility index (Phi) is 4.58. The predicted octanol–water partition coefficient (Wildman–Crippen LogP) is 1.08. The normalized spacial score (nSPS) is 20.7. The Bertz CT molecular complexity index is 186. The van der Waals surface area contributed by atoms with Crippen molar-refractivity contribution >= 4 is 0 Å². The summed E-state index contributed by atoms with van der Waals surface area (Å²) in [6.45, 7) is 8.78. The highest BCUT2D eigenvalue weighted by atomic mass is 16.5. The first-order chi connectivity index (χ1) is 6.62. The first-order valence-corrected chi connectivity index (χ1v) is 5.28. The molecule has 82 valence electrons. The summed E-state index contributed by atoms with van der Waals surface area (Å²) in [7, 11) is 0. The van der Waals surface area contributed by atoms with Crippen LogP contribution in [0.25, 0.3) is 0 Å². The summed E-state index contributed by atoms with van der Waals surface area (Å²) in [5, 5.41) is 13.3. The highest BCUT2D eigenvalue weighted by Gasteiger charge is 2.28. The van der Waals surface area contributed by atoms with Crippen molar-refractivity contribution in [2.24, 2.45) is 0 Å². The van der Waals surface area contributed by atoms with Gasteiger partial charge in [-0.1, -0.05) is 5.57 Å². The number of hydrogen-bond donors (Lipinski definition) is 2. The zero-order valence-corrected chi connectivity index (χ0v) is 9.01. The molecule has 0 aromatic heterocycles. The van der Waals surface area contributed by atoms with Gasteiger partial charge in [0, 0.05) is 32.6 Å². The van der Waals surface area contributed by atoms with Gasteiger partial charge in [-0.05, 0) is 19.9 Å². The molecule has 0 unspecified atom stereocenters. The molecule has 0 saturated carbocycles. The van der Waals surface area contributed by atoms with E-state index in [0.717, 1.165) is 25.8 Å². The van der Waals surface area contributed by atoms with Crippen LogP contribution < -0.4 is 5.32 Å². The number of hydrogen-bond acceptors (Lipinski definition) is 3. The maximum atomic E-state index is 10.1. The molecule has 1 fully saturated rings. The Morgan fingerprint density at radius 2 is 2.14 bits per heavy atom. The van der Waals surface area contributed by atoms with Gasteiger partial charge in [-0.2, -0.15) is 0 Å². The van der Waals surface area contributed by atoms with E-state index in [9.17, 15) is 5.11 Å². The second kappa shape index (κ2) is 5.49. The van der Waals surface area contributed by atoms with Crippen LogP contribution >= 0.6 is 0 Å². The molecule has 0 aromatic rings. The second-order valence-corrected chi connectivity index (χ2v) is 4.22. The van der Waals surface area contributed by atoms with E-state index in [2.05, 4.69) is 11.9 Å². The Morgan fingerprint density at radius 3 is 2.71 bits per heavy atom. The van der Waals surface area contributed by atoms with Crippen molar-refractivity contribution in [1.82, 2.24) is 5.32 Å². The van der Waals surface area contributed by atoms with Crippen LogP contribution in [0.1, 0.15) is 26.2 Å². The minimum Gasteiger partial charge on any atom is -0.388 e. The van der Waals surface area contributed by atoms with Gasteiger partial charge >= 0.3 is 0 Å². The highest BCUT2D eigenvalue weighted by molar-refractivity contribution is 4.89. The number of rotatable bonds is 5. The average molecular weight is 199 g/mol. The molecule has 0 radical (unpaired) electrons. The first-order valence-electron chi connectivity index (χ1n) is 5.28. The second-order valence-electron chi connectivity index (χ2n) is 4.22. The first kappa shape index (κ1) is 11.7. The van der Waals surface area contributed by atoms with E-state index in [1.165, 1.54) is 5.57 Å². The molecule has 0 atom stereocenters. The molecule has 3 nitrogen and oxygen atoms in total. The average Bonchev–Trinajstić information content (AvgIpc) is 2.14. The summed E-state index contributed by atoms with van der Waals surface area (Å²) in [4.78, 5) is 0. The Morgan fingerprint density at radius 1 is 1.50 bits per heavy atom. The smallest absolute Gasteiger partial charge is 0.0815 e. The lowest BCUT2D eigenvalue weighted by molar-refractivity contribution is -0.0614. The van der Waals surface area contributed by atoms with Crippen molar-refractivity contribution < 1.29 is 9.84 Å². The fraction of sp³-hybridized carbons (Fsp3) is 0.818. The van der Waals surface area contributed by atoms with Crippen LogP contribution in [0.3, 0.4) is 0 Å². The summed E-state index contributed by atoms with van der Waals surface area (Å²) in [5.74, 6) is 0. The van der Waals surface area contributed by atoms with Gasteiger partial charge in [0.2, 0.25) is 0 Å². The van der Waals surface area contributed by atoms with Gasteiger partial charge in [-0.15, -0.1) is 6.58 Å². The van der Waals surface area contributed by atoms with Crippen LogP contribution in [0.4, 0.5) is 0 Å². The molecular formula is C11H21NO2. The van der Waals surface area contributed by atoms with Gasteiger partial charge < -0.3 is 15.2 Å². The van der Waals surface area contributed by atoms with Crippen molar-refractivity contribution in [1.29, 1.82) is 0 Å². The molecule has 0 bridgehead atoms. The monoisotopic (exact) mass is 199 g/mol.